The zero-order valence-electron chi connectivity index (χ0n) is 14.6. The maximum Gasteiger partial charge on any atom is 0.320 e. The molecule has 0 amide bonds. The first-order chi connectivity index (χ1) is 12.0. The number of hydrogen-bond donors (Lipinski definition) is 0. The normalized spacial score (nSPS) is 18.3. The number of thioether (sulfide) groups is 1. The average Bonchev–Trinajstić information content (AvgIpc) is 2.90. The van der Waals surface area contributed by atoms with E-state index >= 15 is 0 Å². The summed E-state index contributed by atoms with van der Waals surface area (Å²) in [6.45, 7) is 4.19. The van der Waals surface area contributed by atoms with Gasteiger partial charge in [0.15, 0.2) is 10.6 Å². The van der Waals surface area contributed by atoms with Crippen molar-refractivity contribution in [1.29, 1.82) is 0 Å². The van der Waals surface area contributed by atoms with E-state index in [-0.39, 0.29) is 11.2 Å². The summed E-state index contributed by atoms with van der Waals surface area (Å²) in [5.41, 5.74) is 2.24. The summed E-state index contributed by atoms with van der Waals surface area (Å²) in [6.07, 6.45) is 0. The number of aromatic nitrogens is 3. The van der Waals surface area contributed by atoms with E-state index < -0.39 is 0 Å². The van der Waals surface area contributed by atoms with E-state index in [9.17, 15) is 4.79 Å². The standard InChI is InChI=1S/C17H22N4O2S2/c1-12-6-4-5-7-13(12)15-18-21(17(24)19(15)2)11-20-8-9-25-14(10-20)16(22)23-3/h4-7,14H,8-11H2,1-3H3/t14-/m0/s1. The fourth-order valence-corrected chi connectivity index (χ4v) is 4.31. The van der Waals surface area contributed by atoms with Gasteiger partial charge in [-0.2, -0.15) is 5.10 Å². The first-order valence-electron chi connectivity index (χ1n) is 8.13. The zero-order valence-corrected chi connectivity index (χ0v) is 16.3. The molecule has 1 aliphatic heterocycles. The molecular formula is C17H22N4O2S2. The van der Waals surface area contributed by atoms with Gasteiger partial charge < -0.3 is 9.30 Å². The molecule has 1 saturated heterocycles. The van der Waals surface area contributed by atoms with Crippen molar-refractivity contribution >= 4 is 29.9 Å². The molecule has 6 nitrogen and oxygen atoms in total. The van der Waals surface area contributed by atoms with E-state index in [2.05, 4.69) is 24.0 Å². The van der Waals surface area contributed by atoms with E-state index in [0.717, 1.165) is 29.2 Å². The highest BCUT2D eigenvalue weighted by Crippen LogP contribution is 2.23. The van der Waals surface area contributed by atoms with E-state index in [1.165, 1.54) is 7.11 Å². The van der Waals surface area contributed by atoms with Gasteiger partial charge in [-0.25, -0.2) is 4.68 Å². The SMILES string of the molecule is COC(=O)[C@@H]1CN(Cn2nc(-c3ccccc3C)n(C)c2=S)CCS1. The highest BCUT2D eigenvalue weighted by molar-refractivity contribution is 8.00. The summed E-state index contributed by atoms with van der Waals surface area (Å²) in [7, 11) is 3.38. The Hall–Kier alpha value is -1.64. The number of esters is 1. The van der Waals surface area contributed by atoms with Gasteiger partial charge in [0.2, 0.25) is 0 Å². The van der Waals surface area contributed by atoms with E-state index in [4.69, 9.17) is 22.1 Å². The van der Waals surface area contributed by atoms with Crippen molar-refractivity contribution in [2.75, 3.05) is 26.0 Å². The molecule has 0 spiro atoms. The van der Waals surface area contributed by atoms with Crippen molar-refractivity contribution in [1.82, 2.24) is 19.2 Å². The van der Waals surface area contributed by atoms with Gasteiger partial charge in [0.05, 0.1) is 13.8 Å². The van der Waals surface area contributed by atoms with Crippen LogP contribution in [0.5, 0.6) is 0 Å². The van der Waals surface area contributed by atoms with Crippen molar-refractivity contribution in [3.05, 3.63) is 34.6 Å². The zero-order chi connectivity index (χ0) is 18.0. The molecule has 1 aliphatic rings. The van der Waals surface area contributed by atoms with Crippen LogP contribution in [0.4, 0.5) is 0 Å². The number of hydrogen-bond acceptors (Lipinski definition) is 6. The molecule has 2 heterocycles. The highest BCUT2D eigenvalue weighted by Gasteiger charge is 2.27. The number of methoxy groups -OCH3 is 1. The molecule has 0 bridgehead atoms. The number of carbonyl (C=O) groups excluding carboxylic acids is 1. The Labute approximate surface area is 156 Å². The van der Waals surface area contributed by atoms with E-state index in [0.29, 0.717) is 18.0 Å². The monoisotopic (exact) mass is 378 g/mol. The molecule has 25 heavy (non-hydrogen) atoms. The Bertz CT molecular complexity index is 830. The van der Waals surface area contributed by atoms with Crippen LogP contribution in [-0.2, 0) is 23.2 Å². The van der Waals surface area contributed by atoms with Crippen LogP contribution in [0.25, 0.3) is 11.4 Å². The van der Waals surface area contributed by atoms with Gasteiger partial charge in [0, 0.05) is 31.5 Å². The lowest BCUT2D eigenvalue weighted by Gasteiger charge is -2.30. The number of nitrogens with zero attached hydrogens (tertiary/aromatic N) is 4. The fraction of sp³-hybridized carbons (Fsp3) is 0.471. The van der Waals surface area contributed by atoms with Crippen molar-refractivity contribution in [2.45, 2.75) is 18.8 Å². The second-order valence-corrected chi connectivity index (χ2v) is 7.76. The number of carbonyl (C=O) groups is 1. The quantitative estimate of drug-likeness (QED) is 0.602. The summed E-state index contributed by atoms with van der Waals surface area (Å²) in [6, 6.07) is 8.15. The van der Waals surface area contributed by atoms with Gasteiger partial charge >= 0.3 is 5.97 Å². The van der Waals surface area contributed by atoms with E-state index in [1.54, 1.807) is 11.8 Å². The summed E-state index contributed by atoms with van der Waals surface area (Å²) >= 11 is 7.21. The number of ether oxygens (including phenoxy) is 1. The second kappa shape index (κ2) is 7.72. The third kappa shape index (κ3) is 3.80. The van der Waals surface area contributed by atoms with Gasteiger partial charge in [-0.1, -0.05) is 24.3 Å². The average molecular weight is 379 g/mol. The summed E-state index contributed by atoms with van der Waals surface area (Å²) < 4.78 is 9.32. The molecule has 1 aromatic carbocycles. The van der Waals surface area contributed by atoms with Crippen LogP contribution in [0.2, 0.25) is 0 Å². The molecule has 2 aromatic rings. The van der Waals surface area contributed by atoms with Crippen LogP contribution >= 0.6 is 24.0 Å². The third-order valence-corrected chi connectivity index (χ3v) is 6.02. The Morgan fingerprint density at radius 1 is 1.44 bits per heavy atom. The van der Waals surface area contributed by atoms with Crippen molar-refractivity contribution in [3.63, 3.8) is 0 Å². The minimum Gasteiger partial charge on any atom is -0.468 e. The number of aryl methyl sites for hydroxylation is 1. The molecular weight excluding hydrogens is 356 g/mol. The van der Waals surface area contributed by atoms with Crippen LogP contribution in [0.15, 0.2) is 24.3 Å². The minimum atomic E-state index is -0.167. The first-order valence-corrected chi connectivity index (χ1v) is 9.58. The number of rotatable bonds is 4. The maximum atomic E-state index is 11.8. The topological polar surface area (TPSA) is 52.3 Å². The van der Waals surface area contributed by atoms with Gasteiger partial charge in [-0.05, 0) is 24.7 Å². The fourth-order valence-electron chi connectivity index (χ4n) is 2.93. The Kier molecular flexibility index (Phi) is 5.61. The van der Waals surface area contributed by atoms with Crippen LogP contribution in [0, 0.1) is 11.7 Å². The maximum absolute atomic E-state index is 11.8. The number of benzene rings is 1. The molecule has 134 valence electrons. The van der Waals surface area contributed by atoms with Gasteiger partial charge in [-0.15, -0.1) is 11.8 Å². The highest BCUT2D eigenvalue weighted by atomic mass is 32.2. The van der Waals surface area contributed by atoms with E-state index in [1.807, 2.05) is 28.4 Å². The van der Waals surface area contributed by atoms with Crippen LogP contribution in [0.3, 0.4) is 0 Å². The lowest BCUT2D eigenvalue weighted by molar-refractivity contribution is -0.140. The Morgan fingerprint density at radius 2 is 2.20 bits per heavy atom. The molecule has 3 rings (SSSR count). The molecule has 0 unspecified atom stereocenters. The Morgan fingerprint density at radius 3 is 2.92 bits per heavy atom. The molecule has 8 heteroatoms. The summed E-state index contributed by atoms with van der Waals surface area (Å²) in [5.74, 6) is 1.59. The van der Waals surface area contributed by atoms with Gasteiger partial charge in [-0.3, -0.25) is 9.69 Å². The molecule has 1 atom stereocenters. The molecule has 0 aliphatic carbocycles. The predicted octanol–water partition coefficient (Wildman–Crippen LogP) is 2.47. The van der Waals surface area contributed by atoms with Crippen molar-refractivity contribution < 1.29 is 9.53 Å². The summed E-state index contributed by atoms with van der Waals surface area (Å²) in [4.78, 5) is 14.0. The lowest BCUT2D eigenvalue weighted by Crippen LogP contribution is -2.42. The third-order valence-electron chi connectivity index (χ3n) is 4.38. The molecule has 0 N–H and O–H groups in total. The lowest BCUT2D eigenvalue weighted by atomic mass is 10.1. The van der Waals surface area contributed by atoms with Crippen LogP contribution in [0.1, 0.15) is 5.56 Å². The van der Waals surface area contributed by atoms with Crippen LogP contribution < -0.4 is 0 Å². The largest absolute Gasteiger partial charge is 0.468 e. The van der Waals surface area contributed by atoms with Gasteiger partial charge in [0.1, 0.15) is 5.25 Å². The smallest absolute Gasteiger partial charge is 0.320 e. The minimum absolute atomic E-state index is 0.146. The molecule has 0 saturated carbocycles. The Balaban J connectivity index is 1.82. The van der Waals surface area contributed by atoms with Gasteiger partial charge in [0.25, 0.3) is 0 Å². The van der Waals surface area contributed by atoms with Crippen molar-refractivity contribution in [3.8, 4) is 11.4 Å². The van der Waals surface area contributed by atoms with Crippen LogP contribution in [-0.4, -0.2) is 56.4 Å². The van der Waals surface area contributed by atoms with Crippen molar-refractivity contribution in [2.24, 2.45) is 7.05 Å². The molecule has 0 radical (unpaired) electrons. The molecule has 1 aromatic heterocycles. The second-order valence-electron chi connectivity index (χ2n) is 6.08. The first kappa shape index (κ1) is 18.2. The summed E-state index contributed by atoms with van der Waals surface area (Å²) in [5, 5.41) is 4.59. The molecule has 1 fully saturated rings. The predicted molar refractivity (Wildman–Crippen MR) is 102 cm³/mol.